The van der Waals surface area contributed by atoms with Gasteiger partial charge in [-0.25, -0.2) is 0 Å². The number of anilines is 1. The van der Waals surface area contributed by atoms with E-state index in [1.165, 1.54) is 19.3 Å². The fourth-order valence-corrected chi connectivity index (χ4v) is 2.75. The van der Waals surface area contributed by atoms with Crippen molar-refractivity contribution in [3.8, 4) is 5.75 Å². The molecule has 0 aliphatic heterocycles. The second-order valence-electron chi connectivity index (χ2n) is 5.65. The van der Waals surface area contributed by atoms with Gasteiger partial charge in [0.15, 0.2) is 5.96 Å². The van der Waals surface area contributed by atoms with Crippen molar-refractivity contribution >= 4 is 23.2 Å². The van der Waals surface area contributed by atoms with Gasteiger partial charge in [-0.3, -0.25) is 4.99 Å². The first-order valence-electron chi connectivity index (χ1n) is 7.05. The molecule has 2 rings (SSSR count). The van der Waals surface area contributed by atoms with Crippen LogP contribution in [0.5, 0.6) is 5.75 Å². The van der Waals surface area contributed by atoms with Crippen molar-refractivity contribution in [2.24, 2.45) is 10.7 Å². The van der Waals surface area contributed by atoms with E-state index in [1.807, 2.05) is 6.07 Å². The Morgan fingerprint density at radius 3 is 2.67 bits per heavy atom. The van der Waals surface area contributed by atoms with Gasteiger partial charge in [0.1, 0.15) is 5.75 Å². The van der Waals surface area contributed by atoms with Gasteiger partial charge in [0.05, 0.1) is 18.7 Å². The predicted octanol–water partition coefficient (Wildman–Crippen LogP) is 2.56. The number of ether oxygens (including phenoxy) is 1. The minimum absolute atomic E-state index is 0.170. The Bertz CT molecular complexity index is 526. The second kappa shape index (κ2) is 6.54. The quantitative estimate of drug-likeness (QED) is 0.648. The molecule has 1 aliphatic rings. The molecule has 1 fully saturated rings. The molecule has 6 heteroatoms. The molecule has 0 atom stereocenters. The average molecular weight is 311 g/mol. The van der Waals surface area contributed by atoms with Gasteiger partial charge in [0, 0.05) is 11.2 Å². The number of likely N-dealkylation sites (N-methyl/N-ethyl adjacent to an activating group) is 1. The van der Waals surface area contributed by atoms with Crippen LogP contribution in [-0.2, 0) is 0 Å². The van der Waals surface area contributed by atoms with Crippen molar-refractivity contribution in [2.45, 2.75) is 24.8 Å². The van der Waals surface area contributed by atoms with Crippen molar-refractivity contribution in [1.29, 1.82) is 0 Å². The van der Waals surface area contributed by atoms with Crippen LogP contribution in [-0.4, -0.2) is 44.1 Å². The third kappa shape index (κ3) is 3.60. The summed E-state index contributed by atoms with van der Waals surface area (Å²) in [5.41, 5.74) is 6.93. The Kier molecular flexibility index (Phi) is 4.96. The van der Waals surface area contributed by atoms with Gasteiger partial charge in [-0.05, 0) is 51.6 Å². The lowest BCUT2D eigenvalue weighted by molar-refractivity contribution is 0.0700. The Morgan fingerprint density at radius 1 is 1.48 bits per heavy atom. The fourth-order valence-electron chi connectivity index (χ4n) is 2.50. The number of nitrogens with two attached hydrogens (primary N) is 1. The Morgan fingerprint density at radius 2 is 2.19 bits per heavy atom. The third-order valence-corrected chi connectivity index (χ3v) is 4.50. The minimum atomic E-state index is 0.170. The SMILES string of the molecule is COc1ccc(NC(N)=NCC2(N(C)C)CCC2)cc1Cl. The summed E-state index contributed by atoms with van der Waals surface area (Å²) in [7, 11) is 5.78. The summed E-state index contributed by atoms with van der Waals surface area (Å²) in [6, 6.07) is 5.43. The number of benzene rings is 1. The molecule has 0 amide bonds. The lowest BCUT2D eigenvalue weighted by atomic mass is 9.76. The molecule has 5 nitrogen and oxygen atoms in total. The largest absolute Gasteiger partial charge is 0.495 e. The second-order valence-corrected chi connectivity index (χ2v) is 6.06. The van der Waals surface area contributed by atoms with Crippen molar-refractivity contribution in [3.63, 3.8) is 0 Å². The first kappa shape index (κ1) is 15.9. The maximum atomic E-state index is 6.08. The summed E-state index contributed by atoms with van der Waals surface area (Å²) in [6.07, 6.45) is 3.60. The zero-order valence-electron chi connectivity index (χ0n) is 12.8. The van der Waals surface area contributed by atoms with E-state index >= 15 is 0 Å². The molecule has 116 valence electrons. The maximum Gasteiger partial charge on any atom is 0.193 e. The van der Waals surface area contributed by atoms with Crippen molar-refractivity contribution in [3.05, 3.63) is 23.2 Å². The first-order chi connectivity index (χ1) is 9.97. The zero-order valence-corrected chi connectivity index (χ0v) is 13.6. The van der Waals surface area contributed by atoms with Gasteiger partial charge < -0.3 is 20.7 Å². The van der Waals surface area contributed by atoms with E-state index in [0.717, 1.165) is 5.69 Å². The number of hydrogen-bond donors (Lipinski definition) is 2. The fraction of sp³-hybridized carbons (Fsp3) is 0.533. The zero-order chi connectivity index (χ0) is 15.5. The summed E-state index contributed by atoms with van der Waals surface area (Å²) in [6.45, 7) is 0.711. The molecule has 21 heavy (non-hydrogen) atoms. The summed E-state index contributed by atoms with van der Waals surface area (Å²) >= 11 is 6.08. The third-order valence-electron chi connectivity index (χ3n) is 4.20. The number of guanidine groups is 1. The molecule has 0 radical (unpaired) electrons. The normalized spacial score (nSPS) is 17.5. The molecule has 1 saturated carbocycles. The smallest absolute Gasteiger partial charge is 0.193 e. The van der Waals surface area contributed by atoms with Crippen LogP contribution in [0.25, 0.3) is 0 Å². The van der Waals surface area contributed by atoms with Gasteiger partial charge in [0.2, 0.25) is 0 Å². The highest BCUT2D eigenvalue weighted by atomic mass is 35.5. The van der Waals surface area contributed by atoms with Crippen LogP contribution in [0, 0.1) is 0 Å². The van der Waals surface area contributed by atoms with Crippen LogP contribution in [0.2, 0.25) is 5.02 Å². The van der Waals surface area contributed by atoms with Crippen LogP contribution in [0.4, 0.5) is 5.69 Å². The van der Waals surface area contributed by atoms with Crippen molar-refractivity contribution in [2.75, 3.05) is 33.1 Å². The predicted molar refractivity (Wildman–Crippen MR) is 88.4 cm³/mol. The van der Waals surface area contributed by atoms with E-state index in [0.29, 0.717) is 23.3 Å². The molecular formula is C15H23ClN4O. The Labute approximate surface area is 131 Å². The van der Waals surface area contributed by atoms with Crippen LogP contribution < -0.4 is 15.8 Å². The molecule has 0 aromatic heterocycles. The number of methoxy groups -OCH3 is 1. The number of nitrogens with one attached hydrogen (secondary N) is 1. The topological polar surface area (TPSA) is 62.9 Å². The molecular weight excluding hydrogens is 288 g/mol. The van der Waals surface area contributed by atoms with E-state index in [4.69, 9.17) is 22.1 Å². The molecule has 0 unspecified atom stereocenters. The van der Waals surface area contributed by atoms with Gasteiger partial charge in [-0.2, -0.15) is 0 Å². The molecule has 0 heterocycles. The summed E-state index contributed by atoms with van der Waals surface area (Å²) < 4.78 is 5.12. The van der Waals surface area contributed by atoms with Gasteiger partial charge in [0.25, 0.3) is 0 Å². The van der Waals surface area contributed by atoms with Gasteiger partial charge >= 0.3 is 0 Å². The molecule has 0 bridgehead atoms. The molecule has 1 aliphatic carbocycles. The van der Waals surface area contributed by atoms with Crippen LogP contribution >= 0.6 is 11.6 Å². The highest BCUT2D eigenvalue weighted by molar-refractivity contribution is 6.32. The van der Waals surface area contributed by atoms with Crippen molar-refractivity contribution in [1.82, 2.24) is 4.90 Å². The van der Waals surface area contributed by atoms with Crippen LogP contribution in [0.15, 0.2) is 23.2 Å². The first-order valence-corrected chi connectivity index (χ1v) is 7.42. The lowest BCUT2D eigenvalue weighted by Gasteiger charge is -2.46. The highest BCUT2D eigenvalue weighted by Gasteiger charge is 2.38. The molecule has 0 saturated heterocycles. The lowest BCUT2D eigenvalue weighted by Crippen LogP contribution is -2.52. The summed E-state index contributed by atoms with van der Waals surface area (Å²) in [5, 5.41) is 3.60. The molecule has 0 spiro atoms. The molecule has 1 aromatic carbocycles. The van der Waals surface area contributed by atoms with E-state index in [2.05, 4.69) is 29.3 Å². The van der Waals surface area contributed by atoms with Gasteiger partial charge in [-0.15, -0.1) is 0 Å². The summed E-state index contributed by atoms with van der Waals surface area (Å²) in [4.78, 5) is 6.72. The minimum Gasteiger partial charge on any atom is -0.495 e. The number of nitrogens with zero attached hydrogens (tertiary/aromatic N) is 2. The number of rotatable bonds is 5. The monoisotopic (exact) mass is 310 g/mol. The number of halogens is 1. The van der Waals surface area contributed by atoms with Crippen LogP contribution in [0.1, 0.15) is 19.3 Å². The van der Waals surface area contributed by atoms with E-state index in [-0.39, 0.29) is 5.54 Å². The number of aliphatic imine (C=N–C) groups is 1. The highest BCUT2D eigenvalue weighted by Crippen LogP contribution is 2.36. The van der Waals surface area contributed by atoms with Crippen molar-refractivity contribution < 1.29 is 4.74 Å². The van der Waals surface area contributed by atoms with E-state index in [9.17, 15) is 0 Å². The maximum absolute atomic E-state index is 6.08. The Balaban J connectivity index is 1.99. The summed E-state index contributed by atoms with van der Waals surface area (Å²) in [5.74, 6) is 1.04. The standard InChI is InChI=1S/C15H23ClN4O/c1-20(2)15(7-4-8-15)10-18-14(17)19-11-5-6-13(21-3)12(16)9-11/h5-6,9H,4,7-8,10H2,1-3H3,(H3,17,18,19). The average Bonchev–Trinajstić information content (AvgIpc) is 2.37. The molecule has 3 N–H and O–H groups in total. The molecule has 1 aromatic rings. The van der Waals surface area contributed by atoms with E-state index in [1.54, 1.807) is 19.2 Å². The number of hydrogen-bond acceptors (Lipinski definition) is 3. The Hall–Kier alpha value is -1.46. The van der Waals surface area contributed by atoms with Crippen LogP contribution in [0.3, 0.4) is 0 Å². The van der Waals surface area contributed by atoms with Gasteiger partial charge in [-0.1, -0.05) is 11.6 Å². The van der Waals surface area contributed by atoms with E-state index < -0.39 is 0 Å².